The van der Waals surface area contributed by atoms with Gasteiger partial charge in [-0.1, -0.05) is 6.07 Å². The summed E-state index contributed by atoms with van der Waals surface area (Å²) in [6.07, 6.45) is 0.816. The highest BCUT2D eigenvalue weighted by Crippen LogP contribution is 2.62. The minimum atomic E-state index is -3.16. The summed E-state index contributed by atoms with van der Waals surface area (Å²) in [7, 11) is 0. The van der Waals surface area contributed by atoms with Crippen LogP contribution >= 0.6 is 0 Å². The Morgan fingerprint density at radius 1 is 1.60 bits per heavy atom. The van der Waals surface area contributed by atoms with E-state index in [1.54, 1.807) is 0 Å². The fourth-order valence-electron chi connectivity index (χ4n) is 1.86. The molecular weight excluding hydrogens is 204 g/mol. The lowest BCUT2D eigenvalue weighted by Gasteiger charge is -2.13. The number of aromatic nitrogens is 1. The molecule has 1 aromatic heterocycles. The summed E-state index contributed by atoms with van der Waals surface area (Å²) in [6, 6.07) is 2.87. The molecule has 1 heterocycles. The fourth-order valence-corrected chi connectivity index (χ4v) is 1.86. The average molecular weight is 213 g/mol. The van der Waals surface area contributed by atoms with Crippen molar-refractivity contribution in [3.63, 3.8) is 0 Å². The predicted octanol–water partition coefficient (Wildman–Crippen LogP) is 1.75. The average Bonchev–Trinajstić information content (AvgIpc) is 2.71. The van der Waals surface area contributed by atoms with Crippen LogP contribution in [-0.2, 0) is 10.2 Å². The van der Waals surface area contributed by atoms with Crippen molar-refractivity contribution in [3.05, 3.63) is 29.6 Å². The maximum Gasteiger partial charge on any atom is 0.320 e. The van der Waals surface area contributed by atoms with E-state index in [1.165, 1.54) is 25.3 Å². The predicted molar refractivity (Wildman–Crippen MR) is 47.9 cm³/mol. The van der Waals surface area contributed by atoms with Gasteiger partial charge in [0, 0.05) is 18.3 Å². The van der Waals surface area contributed by atoms with E-state index in [-0.39, 0.29) is 5.56 Å². The van der Waals surface area contributed by atoms with Gasteiger partial charge in [0.05, 0.1) is 0 Å². The lowest BCUT2D eigenvalue weighted by molar-refractivity contribution is -0.143. The highest BCUT2D eigenvalue weighted by atomic mass is 19.3. The molecule has 0 saturated heterocycles. The number of carboxylic acids is 1. The number of hydrogen-bond acceptors (Lipinski definition) is 2. The van der Waals surface area contributed by atoms with Crippen LogP contribution in [-0.4, -0.2) is 22.0 Å². The summed E-state index contributed by atoms with van der Waals surface area (Å²) >= 11 is 0. The van der Waals surface area contributed by atoms with Gasteiger partial charge >= 0.3 is 5.97 Å². The van der Waals surface area contributed by atoms with Gasteiger partial charge in [0.2, 0.25) is 0 Å². The maximum absolute atomic E-state index is 13.2. The molecule has 3 nitrogen and oxygen atoms in total. The molecule has 0 spiro atoms. The van der Waals surface area contributed by atoms with Crippen LogP contribution in [0, 0.1) is 6.92 Å². The number of pyridine rings is 1. The third kappa shape index (κ3) is 1.15. The van der Waals surface area contributed by atoms with Crippen molar-refractivity contribution in [2.75, 3.05) is 0 Å². The first-order chi connectivity index (χ1) is 6.92. The van der Waals surface area contributed by atoms with Gasteiger partial charge in [-0.05, 0) is 18.6 Å². The molecule has 0 radical (unpaired) electrons. The second kappa shape index (κ2) is 2.74. The Morgan fingerprint density at radius 3 is 2.60 bits per heavy atom. The van der Waals surface area contributed by atoms with Crippen molar-refractivity contribution in [2.45, 2.75) is 24.7 Å². The van der Waals surface area contributed by atoms with Gasteiger partial charge in [-0.25, -0.2) is 8.78 Å². The number of nitrogens with zero attached hydrogens (tertiary/aromatic N) is 1. The summed E-state index contributed by atoms with van der Waals surface area (Å²) in [6.45, 7) is 1.54. The van der Waals surface area contributed by atoms with Crippen molar-refractivity contribution < 1.29 is 18.7 Å². The summed E-state index contributed by atoms with van der Waals surface area (Å²) in [5.41, 5.74) is -1.59. The normalized spacial score (nSPS) is 27.4. The van der Waals surface area contributed by atoms with E-state index in [0.29, 0.717) is 5.69 Å². The largest absolute Gasteiger partial charge is 0.480 e. The van der Waals surface area contributed by atoms with E-state index in [0.717, 1.165) is 0 Å². The molecule has 2 rings (SSSR count). The van der Waals surface area contributed by atoms with Crippen LogP contribution in [0.4, 0.5) is 8.78 Å². The Bertz CT molecular complexity index is 433. The molecule has 0 aromatic carbocycles. The number of halogens is 2. The van der Waals surface area contributed by atoms with E-state index in [9.17, 15) is 13.6 Å². The zero-order valence-corrected chi connectivity index (χ0v) is 8.00. The minimum absolute atomic E-state index is 0.113. The van der Waals surface area contributed by atoms with Crippen molar-refractivity contribution in [1.82, 2.24) is 4.98 Å². The van der Waals surface area contributed by atoms with Gasteiger partial charge in [-0.3, -0.25) is 9.78 Å². The molecule has 1 aliphatic rings. The molecule has 1 fully saturated rings. The van der Waals surface area contributed by atoms with E-state index in [2.05, 4.69) is 4.98 Å². The summed E-state index contributed by atoms with van der Waals surface area (Å²) in [5.74, 6) is -4.64. The van der Waals surface area contributed by atoms with Gasteiger partial charge in [-0.2, -0.15) is 0 Å². The van der Waals surface area contributed by atoms with Crippen LogP contribution in [0.2, 0.25) is 0 Å². The molecular formula is C10H9F2NO2. The van der Waals surface area contributed by atoms with Crippen LogP contribution in [0.5, 0.6) is 0 Å². The van der Waals surface area contributed by atoms with Gasteiger partial charge in [0.25, 0.3) is 5.92 Å². The first kappa shape index (κ1) is 10.0. The topological polar surface area (TPSA) is 50.2 Å². The highest BCUT2D eigenvalue weighted by molar-refractivity contribution is 5.88. The zero-order valence-electron chi connectivity index (χ0n) is 8.00. The molecule has 0 amide bonds. The number of alkyl halides is 2. The van der Waals surface area contributed by atoms with E-state index in [4.69, 9.17) is 5.11 Å². The minimum Gasteiger partial charge on any atom is -0.480 e. The van der Waals surface area contributed by atoms with Crippen LogP contribution in [0.25, 0.3) is 0 Å². The lowest BCUT2D eigenvalue weighted by atomic mass is 9.94. The lowest BCUT2D eigenvalue weighted by Crippen LogP contribution is -2.28. The fraction of sp³-hybridized carbons (Fsp3) is 0.400. The maximum atomic E-state index is 13.2. The second-order valence-electron chi connectivity index (χ2n) is 3.73. The third-order valence-corrected chi connectivity index (χ3v) is 2.82. The standard InChI is InChI=1S/C10H9F2NO2/c1-6-7(3-2-4-13-6)9(8(14)15)5-10(9,11)12/h2-4H,5H2,1H3,(H,14,15). The molecule has 80 valence electrons. The van der Waals surface area contributed by atoms with Crippen molar-refractivity contribution >= 4 is 5.97 Å². The Hall–Kier alpha value is -1.52. The Balaban J connectivity index is 2.55. The summed E-state index contributed by atoms with van der Waals surface area (Å²) in [5, 5.41) is 8.91. The molecule has 1 atom stereocenters. The van der Waals surface area contributed by atoms with E-state index in [1.807, 2.05) is 0 Å². The number of aliphatic carboxylic acids is 1. The molecule has 1 unspecified atom stereocenters. The Labute approximate surface area is 84.8 Å². The monoisotopic (exact) mass is 213 g/mol. The first-order valence-electron chi connectivity index (χ1n) is 4.45. The van der Waals surface area contributed by atoms with Gasteiger partial charge < -0.3 is 5.11 Å². The number of rotatable bonds is 2. The molecule has 1 saturated carbocycles. The molecule has 0 bridgehead atoms. The molecule has 1 aromatic rings. The Kier molecular flexibility index (Phi) is 1.83. The molecule has 1 aliphatic carbocycles. The Morgan fingerprint density at radius 2 is 2.20 bits per heavy atom. The SMILES string of the molecule is Cc1ncccc1C1(C(=O)O)CC1(F)F. The number of aryl methyl sites for hydroxylation is 1. The van der Waals surface area contributed by atoms with Crippen molar-refractivity contribution in [2.24, 2.45) is 0 Å². The van der Waals surface area contributed by atoms with Gasteiger partial charge in [0.15, 0.2) is 5.41 Å². The van der Waals surface area contributed by atoms with Gasteiger partial charge in [0.1, 0.15) is 0 Å². The second-order valence-corrected chi connectivity index (χ2v) is 3.73. The van der Waals surface area contributed by atoms with E-state index >= 15 is 0 Å². The molecule has 1 N–H and O–H groups in total. The van der Waals surface area contributed by atoms with Crippen LogP contribution < -0.4 is 0 Å². The number of carboxylic acid groups (broad SMARTS) is 1. The third-order valence-electron chi connectivity index (χ3n) is 2.82. The van der Waals surface area contributed by atoms with Crippen LogP contribution in [0.1, 0.15) is 17.7 Å². The zero-order chi connectivity index (χ0) is 11.3. The van der Waals surface area contributed by atoms with Crippen LogP contribution in [0.3, 0.4) is 0 Å². The first-order valence-corrected chi connectivity index (χ1v) is 4.45. The number of carbonyl (C=O) groups is 1. The smallest absolute Gasteiger partial charge is 0.320 e. The molecule has 0 aliphatic heterocycles. The molecule has 5 heteroatoms. The summed E-state index contributed by atoms with van der Waals surface area (Å²) in [4.78, 5) is 14.8. The molecule has 15 heavy (non-hydrogen) atoms. The highest BCUT2D eigenvalue weighted by Gasteiger charge is 2.77. The van der Waals surface area contributed by atoms with Crippen molar-refractivity contribution in [3.8, 4) is 0 Å². The number of hydrogen-bond donors (Lipinski definition) is 1. The van der Waals surface area contributed by atoms with Gasteiger partial charge in [-0.15, -0.1) is 0 Å². The summed E-state index contributed by atoms with van der Waals surface area (Å²) < 4.78 is 26.3. The van der Waals surface area contributed by atoms with Crippen LogP contribution in [0.15, 0.2) is 18.3 Å². The van der Waals surface area contributed by atoms with E-state index < -0.39 is 23.7 Å². The van der Waals surface area contributed by atoms with Crippen molar-refractivity contribution in [1.29, 1.82) is 0 Å². The quantitative estimate of drug-likeness (QED) is 0.814.